The minimum absolute atomic E-state index is 0.420. The molecular weight excluding hydrogens is 372 g/mol. The standard InChI is InChI=1S/C12H20O.C11H16N4.C2H6/c1-2-11(13)10-4-8-12(9-5-10)6-3-7-12;1-9-12-6-10(7-13-9)15-5-4-14-11(8-15)2-3-11;1-2/h10H,2-9H2,1H3;6-7,14H,2-5,8H2,1H3;1-2H3. The third-order valence-electron chi connectivity index (χ3n) is 7.63. The molecule has 2 heterocycles. The lowest BCUT2D eigenvalue weighted by Crippen LogP contribution is -2.52. The normalized spacial score (nSPS) is 23.5. The fourth-order valence-corrected chi connectivity index (χ4v) is 5.23. The number of nitrogens with one attached hydrogen (secondary N) is 1. The van der Waals surface area contributed by atoms with E-state index < -0.39 is 0 Å². The first-order valence-corrected chi connectivity index (χ1v) is 12.3. The van der Waals surface area contributed by atoms with Crippen molar-refractivity contribution in [2.75, 3.05) is 24.5 Å². The van der Waals surface area contributed by atoms with Gasteiger partial charge in [0.1, 0.15) is 11.6 Å². The van der Waals surface area contributed by atoms with E-state index in [2.05, 4.69) is 20.2 Å². The highest BCUT2D eigenvalue weighted by Gasteiger charge is 2.45. The van der Waals surface area contributed by atoms with Crippen molar-refractivity contribution in [1.82, 2.24) is 15.3 Å². The molecule has 1 aromatic rings. The number of ketones is 1. The van der Waals surface area contributed by atoms with Gasteiger partial charge in [-0.2, -0.15) is 0 Å². The van der Waals surface area contributed by atoms with Crippen LogP contribution < -0.4 is 10.2 Å². The molecule has 5 heteroatoms. The monoisotopic (exact) mass is 414 g/mol. The molecular formula is C25H42N4O. The maximum atomic E-state index is 11.5. The van der Waals surface area contributed by atoms with Crippen molar-refractivity contribution in [2.45, 2.75) is 97.4 Å². The van der Waals surface area contributed by atoms with Crippen LogP contribution in [0, 0.1) is 18.3 Å². The molecule has 5 rings (SSSR count). The molecule has 4 fully saturated rings. The van der Waals surface area contributed by atoms with E-state index in [9.17, 15) is 4.79 Å². The fourth-order valence-electron chi connectivity index (χ4n) is 5.23. The van der Waals surface area contributed by atoms with Crippen LogP contribution in [0.1, 0.15) is 90.8 Å². The van der Waals surface area contributed by atoms with Crippen LogP contribution in [-0.2, 0) is 4.79 Å². The minimum Gasteiger partial charge on any atom is -0.366 e. The van der Waals surface area contributed by atoms with Gasteiger partial charge in [0.05, 0.1) is 18.1 Å². The molecule has 1 saturated heterocycles. The van der Waals surface area contributed by atoms with Gasteiger partial charge >= 0.3 is 0 Å². The zero-order valence-electron chi connectivity index (χ0n) is 19.7. The van der Waals surface area contributed by atoms with Gasteiger partial charge in [-0.1, -0.05) is 27.2 Å². The zero-order chi connectivity index (χ0) is 21.6. The van der Waals surface area contributed by atoms with Gasteiger partial charge in [-0.25, -0.2) is 9.97 Å². The van der Waals surface area contributed by atoms with Crippen molar-refractivity contribution in [3.05, 3.63) is 18.2 Å². The van der Waals surface area contributed by atoms with Gasteiger partial charge in [0.2, 0.25) is 0 Å². The maximum Gasteiger partial charge on any atom is 0.135 e. The highest BCUT2D eigenvalue weighted by atomic mass is 16.1. The minimum atomic E-state index is 0.420. The van der Waals surface area contributed by atoms with E-state index in [4.69, 9.17) is 0 Å². The van der Waals surface area contributed by atoms with Gasteiger partial charge in [0, 0.05) is 37.5 Å². The molecule has 168 valence electrons. The first kappa shape index (κ1) is 23.2. The van der Waals surface area contributed by atoms with Crippen LogP contribution in [0.4, 0.5) is 5.69 Å². The molecule has 5 nitrogen and oxygen atoms in total. The number of hydrogen-bond acceptors (Lipinski definition) is 5. The number of aromatic nitrogens is 2. The molecule has 4 aliphatic rings. The van der Waals surface area contributed by atoms with Gasteiger partial charge in [-0.05, 0) is 63.7 Å². The summed E-state index contributed by atoms with van der Waals surface area (Å²) in [5.74, 6) is 1.78. The molecule has 0 atom stereocenters. The molecule has 1 N–H and O–H groups in total. The fraction of sp³-hybridized carbons (Fsp3) is 0.800. The number of carbonyl (C=O) groups excluding carboxylic acids is 1. The Kier molecular flexibility index (Phi) is 7.89. The Morgan fingerprint density at radius 3 is 2.23 bits per heavy atom. The zero-order valence-corrected chi connectivity index (χ0v) is 19.7. The smallest absolute Gasteiger partial charge is 0.135 e. The van der Waals surface area contributed by atoms with E-state index in [-0.39, 0.29) is 0 Å². The van der Waals surface area contributed by atoms with Crippen LogP contribution in [0.2, 0.25) is 0 Å². The second-order valence-electron chi connectivity index (χ2n) is 9.56. The molecule has 0 bridgehead atoms. The molecule has 0 amide bonds. The summed E-state index contributed by atoms with van der Waals surface area (Å²) in [5, 5.41) is 3.60. The summed E-state index contributed by atoms with van der Waals surface area (Å²) >= 11 is 0. The van der Waals surface area contributed by atoms with E-state index >= 15 is 0 Å². The van der Waals surface area contributed by atoms with Crippen LogP contribution in [-0.4, -0.2) is 40.9 Å². The van der Waals surface area contributed by atoms with Crippen molar-refractivity contribution < 1.29 is 4.79 Å². The van der Waals surface area contributed by atoms with Crippen molar-refractivity contribution in [2.24, 2.45) is 11.3 Å². The number of rotatable bonds is 3. The van der Waals surface area contributed by atoms with Gasteiger partial charge in [-0.15, -0.1) is 0 Å². The number of nitrogens with zero attached hydrogens (tertiary/aromatic N) is 3. The molecule has 30 heavy (non-hydrogen) atoms. The number of carbonyl (C=O) groups is 1. The van der Waals surface area contributed by atoms with E-state index in [1.165, 1.54) is 57.8 Å². The Balaban J connectivity index is 0.000000159. The number of piperazine rings is 1. The number of hydrogen-bond donors (Lipinski definition) is 1. The van der Waals surface area contributed by atoms with Gasteiger partial charge in [0.25, 0.3) is 0 Å². The van der Waals surface area contributed by atoms with Crippen molar-refractivity contribution in [3.8, 4) is 0 Å². The Morgan fingerprint density at radius 1 is 1.10 bits per heavy atom. The van der Waals surface area contributed by atoms with Crippen LogP contribution in [0.25, 0.3) is 0 Å². The Hall–Kier alpha value is -1.49. The topological polar surface area (TPSA) is 58.1 Å². The quantitative estimate of drug-likeness (QED) is 0.747. The van der Waals surface area contributed by atoms with Crippen molar-refractivity contribution >= 4 is 11.5 Å². The number of Topliss-reactive ketones (excluding diaryl/α,β-unsaturated/α-hetero) is 1. The lowest BCUT2D eigenvalue weighted by atomic mass is 9.59. The average molecular weight is 415 g/mol. The SMILES string of the molecule is CC.CCC(=O)C1CCC2(CCC2)CC1.Cc1ncc(N2CCNC3(CC3)C2)cn1. The summed E-state index contributed by atoms with van der Waals surface area (Å²) in [4.78, 5) is 22.4. The first-order chi connectivity index (χ1) is 14.5. The van der Waals surface area contributed by atoms with Crippen LogP contribution in [0.5, 0.6) is 0 Å². The third kappa shape index (κ3) is 5.60. The Morgan fingerprint density at radius 2 is 1.73 bits per heavy atom. The summed E-state index contributed by atoms with van der Waals surface area (Å²) in [7, 11) is 0. The van der Waals surface area contributed by atoms with Crippen LogP contribution in [0.15, 0.2) is 12.4 Å². The largest absolute Gasteiger partial charge is 0.366 e. The Labute approximate surface area is 183 Å². The summed E-state index contributed by atoms with van der Waals surface area (Å²) in [6.07, 6.45) is 16.6. The highest BCUT2D eigenvalue weighted by molar-refractivity contribution is 5.80. The third-order valence-corrected chi connectivity index (χ3v) is 7.63. The van der Waals surface area contributed by atoms with Gasteiger partial charge in [0.15, 0.2) is 0 Å². The first-order valence-electron chi connectivity index (χ1n) is 12.3. The van der Waals surface area contributed by atoms with Crippen molar-refractivity contribution in [3.63, 3.8) is 0 Å². The molecule has 0 unspecified atom stereocenters. The maximum absolute atomic E-state index is 11.5. The molecule has 3 saturated carbocycles. The van der Waals surface area contributed by atoms with E-state index in [0.717, 1.165) is 37.6 Å². The molecule has 0 aromatic carbocycles. The van der Waals surface area contributed by atoms with Gasteiger partial charge < -0.3 is 10.2 Å². The van der Waals surface area contributed by atoms with E-state index in [1.807, 2.05) is 40.1 Å². The molecule has 1 aromatic heterocycles. The Bertz CT molecular complexity index is 669. The average Bonchev–Trinajstić information content (AvgIpc) is 3.52. The molecule has 3 aliphatic carbocycles. The second kappa shape index (κ2) is 10.2. The molecule has 2 spiro atoms. The van der Waals surface area contributed by atoms with E-state index in [0.29, 0.717) is 22.7 Å². The number of aryl methyl sites for hydroxylation is 1. The second-order valence-corrected chi connectivity index (χ2v) is 9.56. The molecule has 1 aliphatic heterocycles. The predicted molar refractivity (Wildman–Crippen MR) is 124 cm³/mol. The summed E-state index contributed by atoms with van der Waals surface area (Å²) in [6.45, 7) is 11.2. The van der Waals surface area contributed by atoms with Gasteiger partial charge in [-0.3, -0.25) is 4.79 Å². The highest BCUT2D eigenvalue weighted by Crippen LogP contribution is 2.52. The summed E-state index contributed by atoms with van der Waals surface area (Å²) in [5.41, 5.74) is 2.29. The van der Waals surface area contributed by atoms with Crippen molar-refractivity contribution in [1.29, 1.82) is 0 Å². The summed E-state index contributed by atoms with van der Waals surface area (Å²) in [6, 6.07) is 0. The van der Waals surface area contributed by atoms with Crippen LogP contribution in [0.3, 0.4) is 0 Å². The lowest BCUT2D eigenvalue weighted by molar-refractivity contribution is -0.124. The molecule has 0 radical (unpaired) electrons. The van der Waals surface area contributed by atoms with Crippen LogP contribution >= 0.6 is 0 Å². The van der Waals surface area contributed by atoms with E-state index in [1.54, 1.807) is 0 Å². The summed E-state index contributed by atoms with van der Waals surface area (Å²) < 4.78 is 0. The lowest BCUT2D eigenvalue weighted by Gasteiger charge is -2.46. The number of anilines is 1. The predicted octanol–water partition coefficient (Wildman–Crippen LogP) is 5.08.